The number of hydrogen-bond donors (Lipinski definition) is 4. The Morgan fingerprint density at radius 2 is 2.24 bits per heavy atom. The van der Waals surface area contributed by atoms with Crippen molar-refractivity contribution in [1.82, 2.24) is 9.78 Å². The van der Waals surface area contributed by atoms with Gasteiger partial charge in [0.15, 0.2) is 6.23 Å². The molecule has 1 aromatic rings. The van der Waals surface area contributed by atoms with Crippen molar-refractivity contribution in [3.63, 3.8) is 0 Å². The Morgan fingerprint density at radius 1 is 1.53 bits per heavy atom. The summed E-state index contributed by atoms with van der Waals surface area (Å²) < 4.78 is 6.33. The number of anilines is 1. The van der Waals surface area contributed by atoms with Crippen molar-refractivity contribution >= 4 is 5.82 Å². The highest BCUT2D eigenvalue weighted by Crippen LogP contribution is 2.31. The smallest absolute Gasteiger partial charge is 0.181 e. The fraction of sp³-hybridized carbons (Fsp3) is 0.556. The van der Waals surface area contributed by atoms with Gasteiger partial charge in [-0.3, -0.25) is 0 Å². The van der Waals surface area contributed by atoms with Crippen LogP contribution >= 0.6 is 0 Å². The van der Waals surface area contributed by atoms with Gasteiger partial charge in [0.1, 0.15) is 35.8 Å². The first-order valence-corrected chi connectivity index (χ1v) is 4.95. The third-order valence-electron chi connectivity index (χ3n) is 2.71. The fourth-order valence-electron chi connectivity index (χ4n) is 1.74. The van der Waals surface area contributed by atoms with Gasteiger partial charge in [0.05, 0.1) is 12.8 Å². The number of aromatic nitrogens is 2. The largest absolute Gasteiger partial charge is 0.394 e. The molecule has 0 bridgehead atoms. The molecule has 0 aromatic carbocycles. The molecular formula is C9H12N4O4. The molecule has 0 spiro atoms. The summed E-state index contributed by atoms with van der Waals surface area (Å²) in [6, 6.07) is 1.83. The molecular weight excluding hydrogens is 228 g/mol. The maximum Gasteiger partial charge on any atom is 0.181 e. The standard InChI is InChI=1S/C9H12N4O4/c10-1-4-2-12-13(8(4)11)9-7(16)6(15)5(3-14)17-9/h2,5-7,9,14-16H,3,11H2. The zero-order valence-electron chi connectivity index (χ0n) is 8.76. The first-order valence-electron chi connectivity index (χ1n) is 4.95. The second-order valence-corrected chi connectivity index (χ2v) is 3.73. The average Bonchev–Trinajstić information content (AvgIpc) is 2.82. The molecule has 8 heteroatoms. The molecule has 1 aliphatic heterocycles. The van der Waals surface area contributed by atoms with E-state index in [1.165, 1.54) is 6.20 Å². The third-order valence-corrected chi connectivity index (χ3v) is 2.71. The number of nitrogens with zero attached hydrogens (tertiary/aromatic N) is 3. The summed E-state index contributed by atoms with van der Waals surface area (Å²) in [6.45, 7) is -0.430. The highest BCUT2D eigenvalue weighted by Gasteiger charge is 2.44. The molecule has 1 fully saturated rings. The summed E-state index contributed by atoms with van der Waals surface area (Å²) in [5, 5.41) is 40.8. The number of aliphatic hydroxyl groups excluding tert-OH is 3. The zero-order chi connectivity index (χ0) is 12.6. The highest BCUT2D eigenvalue weighted by atomic mass is 16.6. The van der Waals surface area contributed by atoms with Gasteiger partial charge < -0.3 is 25.8 Å². The van der Waals surface area contributed by atoms with Crippen LogP contribution in [0, 0.1) is 11.3 Å². The van der Waals surface area contributed by atoms with Crippen LogP contribution in [0.4, 0.5) is 5.82 Å². The molecule has 0 aliphatic carbocycles. The Hall–Kier alpha value is -1.66. The number of hydrogen-bond acceptors (Lipinski definition) is 7. The lowest BCUT2D eigenvalue weighted by atomic mass is 10.1. The molecule has 4 unspecified atom stereocenters. The van der Waals surface area contributed by atoms with Crippen LogP contribution in [0.1, 0.15) is 11.8 Å². The van der Waals surface area contributed by atoms with E-state index in [1.54, 1.807) is 0 Å². The van der Waals surface area contributed by atoms with E-state index < -0.39 is 31.1 Å². The molecule has 0 saturated carbocycles. The molecule has 1 aliphatic rings. The number of rotatable bonds is 2. The fourth-order valence-corrected chi connectivity index (χ4v) is 1.74. The van der Waals surface area contributed by atoms with Gasteiger partial charge in [0.2, 0.25) is 0 Å². The Morgan fingerprint density at radius 3 is 2.71 bits per heavy atom. The van der Waals surface area contributed by atoms with Crippen LogP contribution in [-0.4, -0.2) is 50.0 Å². The van der Waals surface area contributed by atoms with Crippen molar-refractivity contribution in [2.24, 2.45) is 0 Å². The van der Waals surface area contributed by atoms with Gasteiger partial charge in [-0.2, -0.15) is 10.4 Å². The van der Waals surface area contributed by atoms with Crippen LogP contribution in [0.3, 0.4) is 0 Å². The number of aliphatic hydroxyl groups is 3. The minimum atomic E-state index is -1.26. The van der Waals surface area contributed by atoms with Gasteiger partial charge in [-0.15, -0.1) is 0 Å². The molecule has 8 nitrogen and oxygen atoms in total. The third kappa shape index (κ3) is 1.75. The Kier molecular flexibility index (Phi) is 2.99. The van der Waals surface area contributed by atoms with Crippen LogP contribution in [0.25, 0.3) is 0 Å². The van der Waals surface area contributed by atoms with Gasteiger partial charge in [0, 0.05) is 0 Å². The summed E-state index contributed by atoms with van der Waals surface area (Å²) in [5.41, 5.74) is 5.79. The molecule has 2 rings (SSSR count). The second kappa shape index (κ2) is 4.31. The predicted molar refractivity (Wildman–Crippen MR) is 54.4 cm³/mol. The number of nitriles is 1. The summed E-state index contributed by atoms with van der Waals surface area (Å²) in [4.78, 5) is 0. The normalized spacial score (nSPS) is 32.6. The van der Waals surface area contributed by atoms with Crippen LogP contribution in [0.2, 0.25) is 0 Å². The minimum absolute atomic E-state index is 0.0438. The van der Waals surface area contributed by atoms with E-state index in [1.807, 2.05) is 6.07 Å². The molecule has 17 heavy (non-hydrogen) atoms. The topological polar surface area (TPSA) is 138 Å². The van der Waals surface area contributed by atoms with E-state index in [0.717, 1.165) is 4.68 Å². The van der Waals surface area contributed by atoms with E-state index in [-0.39, 0.29) is 11.4 Å². The van der Waals surface area contributed by atoms with E-state index in [4.69, 9.17) is 20.8 Å². The lowest BCUT2D eigenvalue weighted by Crippen LogP contribution is -2.33. The van der Waals surface area contributed by atoms with Crippen molar-refractivity contribution in [3.05, 3.63) is 11.8 Å². The van der Waals surface area contributed by atoms with Crippen molar-refractivity contribution in [2.75, 3.05) is 12.3 Å². The van der Waals surface area contributed by atoms with Crippen LogP contribution in [0.5, 0.6) is 0 Å². The summed E-state index contributed by atoms with van der Waals surface area (Å²) in [5.74, 6) is 0.0438. The molecule has 2 heterocycles. The first-order chi connectivity index (χ1) is 8.10. The maximum atomic E-state index is 9.73. The molecule has 0 amide bonds. The maximum absolute atomic E-state index is 9.73. The molecule has 5 N–H and O–H groups in total. The molecule has 0 radical (unpaired) electrons. The lowest BCUT2D eigenvalue weighted by Gasteiger charge is -2.16. The van der Waals surface area contributed by atoms with E-state index >= 15 is 0 Å². The number of nitrogen functional groups attached to an aromatic ring is 1. The first kappa shape index (κ1) is 11.8. The van der Waals surface area contributed by atoms with Crippen molar-refractivity contribution in [1.29, 1.82) is 5.26 Å². The molecule has 1 aromatic heterocycles. The Balaban J connectivity index is 2.29. The highest BCUT2D eigenvalue weighted by molar-refractivity contribution is 5.47. The van der Waals surface area contributed by atoms with Crippen molar-refractivity contribution in [2.45, 2.75) is 24.5 Å². The lowest BCUT2D eigenvalue weighted by molar-refractivity contribution is -0.0574. The molecule has 92 valence electrons. The molecule has 4 atom stereocenters. The molecule has 1 saturated heterocycles. The van der Waals surface area contributed by atoms with Gasteiger partial charge >= 0.3 is 0 Å². The van der Waals surface area contributed by atoms with E-state index in [0.29, 0.717) is 0 Å². The van der Waals surface area contributed by atoms with Gasteiger partial charge in [-0.1, -0.05) is 0 Å². The number of ether oxygens (including phenoxy) is 1. The van der Waals surface area contributed by atoms with Gasteiger partial charge in [0.25, 0.3) is 0 Å². The van der Waals surface area contributed by atoms with Crippen molar-refractivity contribution < 1.29 is 20.1 Å². The zero-order valence-corrected chi connectivity index (χ0v) is 8.76. The number of nitrogens with two attached hydrogens (primary N) is 1. The van der Waals surface area contributed by atoms with Crippen LogP contribution < -0.4 is 5.73 Å². The van der Waals surface area contributed by atoms with Crippen LogP contribution in [-0.2, 0) is 4.74 Å². The van der Waals surface area contributed by atoms with E-state index in [2.05, 4.69) is 5.10 Å². The Labute approximate surface area is 96.5 Å². The van der Waals surface area contributed by atoms with Gasteiger partial charge in [-0.25, -0.2) is 4.68 Å². The predicted octanol–water partition coefficient (Wildman–Crippen LogP) is -2.05. The average molecular weight is 240 g/mol. The summed E-state index contributed by atoms with van der Waals surface area (Å²) in [7, 11) is 0. The summed E-state index contributed by atoms with van der Waals surface area (Å²) in [6.07, 6.45) is -3.15. The monoisotopic (exact) mass is 240 g/mol. The Bertz CT molecular complexity index is 454. The second-order valence-electron chi connectivity index (χ2n) is 3.73. The summed E-state index contributed by atoms with van der Waals surface area (Å²) >= 11 is 0. The quantitative estimate of drug-likeness (QED) is 0.466. The van der Waals surface area contributed by atoms with Crippen molar-refractivity contribution in [3.8, 4) is 6.07 Å². The van der Waals surface area contributed by atoms with Gasteiger partial charge in [-0.05, 0) is 0 Å². The minimum Gasteiger partial charge on any atom is -0.394 e. The SMILES string of the molecule is N#Cc1cnn(C2OC(CO)C(O)C2O)c1N. The van der Waals surface area contributed by atoms with Crippen LogP contribution in [0.15, 0.2) is 6.20 Å². The van der Waals surface area contributed by atoms with E-state index in [9.17, 15) is 10.2 Å².